The number of carbonyl (C=O) groups excluding carboxylic acids is 2. The fourth-order valence-corrected chi connectivity index (χ4v) is 2.92. The number of benzene rings is 1. The van der Waals surface area contributed by atoms with Crippen LogP contribution in [0.4, 0.5) is 4.39 Å². The number of nitrogens with zero attached hydrogens (tertiary/aromatic N) is 1. The molecule has 0 saturated heterocycles. The smallest absolute Gasteiger partial charge is 0.308 e. The summed E-state index contributed by atoms with van der Waals surface area (Å²) in [6, 6.07) is 2.64. The maximum Gasteiger partial charge on any atom is 0.308 e. The minimum absolute atomic E-state index is 0.164. The van der Waals surface area contributed by atoms with Crippen LogP contribution in [0.15, 0.2) is 22.8 Å². The SMILES string of the molecule is CC.CC(=O)Oc1cc(C2=C(C)NCS2)c(F)cc1C=NC=O.CO. The molecule has 1 aromatic carbocycles. The van der Waals surface area contributed by atoms with Crippen LogP contribution in [0.2, 0.25) is 0 Å². The number of rotatable bonds is 4. The van der Waals surface area contributed by atoms with Crippen molar-refractivity contribution in [2.75, 3.05) is 13.0 Å². The Morgan fingerprint density at radius 1 is 1.40 bits per heavy atom. The first-order chi connectivity index (χ1) is 12.0. The number of aliphatic hydroxyl groups excluding tert-OH is 1. The predicted octanol–water partition coefficient (Wildman–Crippen LogP) is 2.94. The predicted molar refractivity (Wildman–Crippen MR) is 99.0 cm³/mol. The zero-order valence-electron chi connectivity index (χ0n) is 14.9. The number of carbonyl (C=O) groups is 2. The molecule has 0 bridgehead atoms. The molecule has 0 fully saturated rings. The Morgan fingerprint density at radius 2 is 2.04 bits per heavy atom. The van der Waals surface area contributed by atoms with Crippen molar-refractivity contribution < 1.29 is 23.8 Å². The van der Waals surface area contributed by atoms with Crippen molar-refractivity contribution in [1.29, 1.82) is 0 Å². The summed E-state index contributed by atoms with van der Waals surface area (Å²) in [5, 5.41) is 10.1. The van der Waals surface area contributed by atoms with Gasteiger partial charge in [-0.1, -0.05) is 13.8 Å². The second-order valence-corrected chi connectivity index (χ2v) is 5.25. The largest absolute Gasteiger partial charge is 0.426 e. The molecule has 0 unspecified atom stereocenters. The van der Waals surface area contributed by atoms with Crippen molar-refractivity contribution in [2.45, 2.75) is 27.7 Å². The van der Waals surface area contributed by atoms with Gasteiger partial charge >= 0.3 is 5.97 Å². The van der Waals surface area contributed by atoms with Crippen molar-refractivity contribution in [1.82, 2.24) is 5.32 Å². The van der Waals surface area contributed by atoms with Gasteiger partial charge in [-0.3, -0.25) is 9.59 Å². The number of esters is 1. The van der Waals surface area contributed by atoms with E-state index in [1.165, 1.54) is 30.8 Å². The second kappa shape index (κ2) is 12.2. The van der Waals surface area contributed by atoms with E-state index < -0.39 is 11.8 Å². The standard InChI is InChI=1S/C14H13FN2O3S.C2H6.CH4O/c1-8-14(21-7-17-8)11-4-13(20-9(2)19)10(3-12(11)15)5-16-6-18;2*1-2/h3-6,17H,7H2,1-2H3;1-2H3;2H,1H3. The summed E-state index contributed by atoms with van der Waals surface area (Å²) in [6.07, 6.45) is 1.48. The van der Waals surface area contributed by atoms with E-state index in [-0.39, 0.29) is 11.3 Å². The lowest BCUT2D eigenvalue weighted by Crippen LogP contribution is -2.06. The Labute approximate surface area is 151 Å². The highest BCUT2D eigenvalue weighted by molar-refractivity contribution is 8.08. The number of nitrogens with one attached hydrogen (secondary N) is 1. The fourth-order valence-electron chi connectivity index (χ4n) is 1.88. The molecule has 1 amide bonds. The summed E-state index contributed by atoms with van der Waals surface area (Å²) in [7, 11) is 1.00. The van der Waals surface area contributed by atoms with Crippen LogP contribution in [-0.2, 0) is 9.59 Å². The molecule has 1 aromatic rings. The molecule has 0 aromatic heterocycles. The van der Waals surface area contributed by atoms with E-state index in [1.54, 1.807) is 0 Å². The third-order valence-electron chi connectivity index (χ3n) is 2.77. The lowest BCUT2D eigenvalue weighted by Gasteiger charge is -2.10. The summed E-state index contributed by atoms with van der Waals surface area (Å²) in [4.78, 5) is 25.6. The Kier molecular flexibility index (Phi) is 11.1. The zero-order valence-corrected chi connectivity index (χ0v) is 15.7. The van der Waals surface area contributed by atoms with Crippen LogP contribution in [-0.4, -0.2) is 36.7 Å². The molecule has 2 rings (SSSR count). The molecular weight excluding hydrogens is 347 g/mol. The van der Waals surface area contributed by atoms with Crippen molar-refractivity contribution in [3.63, 3.8) is 0 Å². The van der Waals surface area contributed by atoms with Gasteiger partial charge in [0, 0.05) is 42.0 Å². The van der Waals surface area contributed by atoms with Crippen LogP contribution in [0, 0.1) is 5.82 Å². The first-order valence-electron chi connectivity index (χ1n) is 7.54. The minimum atomic E-state index is -0.531. The number of hydrogen-bond acceptors (Lipinski definition) is 6. The monoisotopic (exact) mass is 370 g/mol. The third kappa shape index (κ3) is 6.67. The first-order valence-corrected chi connectivity index (χ1v) is 8.53. The molecule has 2 N–H and O–H groups in total. The Morgan fingerprint density at radius 3 is 2.52 bits per heavy atom. The van der Waals surface area contributed by atoms with E-state index in [2.05, 4.69) is 10.3 Å². The minimum Gasteiger partial charge on any atom is -0.426 e. The maximum atomic E-state index is 14.3. The molecular formula is C17H23FN2O4S. The molecule has 1 aliphatic heterocycles. The van der Waals surface area contributed by atoms with Crippen molar-refractivity contribution in [3.8, 4) is 5.75 Å². The highest BCUT2D eigenvalue weighted by Crippen LogP contribution is 2.37. The van der Waals surface area contributed by atoms with E-state index >= 15 is 0 Å². The van der Waals surface area contributed by atoms with Gasteiger partial charge in [-0.05, 0) is 19.1 Å². The second-order valence-electron chi connectivity index (χ2n) is 4.27. The summed E-state index contributed by atoms with van der Waals surface area (Å²) < 4.78 is 19.3. The summed E-state index contributed by atoms with van der Waals surface area (Å²) in [5.74, 6) is -0.171. The molecule has 8 heteroatoms. The number of thioether (sulfide) groups is 1. The molecule has 0 radical (unpaired) electrons. The normalized spacial score (nSPS) is 12.6. The van der Waals surface area contributed by atoms with Gasteiger partial charge in [0.25, 0.3) is 0 Å². The highest BCUT2D eigenvalue weighted by Gasteiger charge is 2.19. The molecule has 0 saturated carbocycles. The van der Waals surface area contributed by atoms with Gasteiger partial charge in [-0.2, -0.15) is 0 Å². The van der Waals surface area contributed by atoms with Crippen LogP contribution in [0.3, 0.4) is 0 Å². The maximum absolute atomic E-state index is 14.3. The Hall–Kier alpha value is -2.19. The average Bonchev–Trinajstić information content (AvgIpc) is 3.03. The number of aliphatic hydroxyl groups is 1. The number of halogens is 1. The number of allylic oxidation sites excluding steroid dienone is 1. The Bertz CT molecular complexity index is 660. The van der Waals surface area contributed by atoms with E-state index in [4.69, 9.17) is 9.84 Å². The lowest BCUT2D eigenvalue weighted by molar-refractivity contribution is -0.131. The molecule has 0 atom stereocenters. The molecule has 0 aliphatic carbocycles. The summed E-state index contributed by atoms with van der Waals surface area (Å²) >= 11 is 1.47. The number of amides is 1. The average molecular weight is 370 g/mol. The van der Waals surface area contributed by atoms with Crippen molar-refractivity contribution in [3.05, 3.63) is 34.8 Å². The topological polar surface area (TPSA) is 88.0 Å². The fraction of sp³-hybridized carbons (Fsp3) is 0.353. The van der Waals surface area contributed by atoms with Gasteiger partial charge in [0.2, 0.25) is 6.41 Å². The number of ether oxygens (including phenoxy) is 1. The van der Waals surface area contributed by atoms with Crippen molar-refractivity contribution >= 4 is 35.3 Å². The quantitative estimate of drug-likeness (QED) is 0.367. The van der Waals surface area contributed by atoms with Crippen LogP contribution >= 0.6 is 11.8 Å². The van der Waals surface area contributed by atoms with E-state index in [0.717, 1.165) is 23.9 Å². The van der Waals surface area contributed by atoms with E-state index in [9.17, 15) is 14.0 Å². The van der Waals surface area contributed by atoms with Gasteiger partial charge in [0.15, 0.2) is 0 Å². The van der Waals surface area contributed by atoms with Gasteiger partial charge < -0.3 is 15.2 Å². The molecule has 0 spiro atoms. The molecule has 25 heavy (non-hydrogen) atoms. The molecule has 1 aliphatic rings. The van der Waals surface area contributed by atoms with Gasteiger partial charge in [0.05, 0.1) is 5.88 Å². The summed E-state index contributed by atoms with van der Waals surface area (Å²) in [6.45, 7) is 7.10. The van der Waals surface area contributed by atoms with Crippen LogP contribution in [0.5, 0.6) is 5.75 Å². The molecule has 138 valence electrons. The summed E-state index contributed by atoms with van der Waals surface area (Å²) in [5.41, 5.74) is 1.44. The Balaban J connectivity index is 0.00000134. The van der Waals surface area contributed by atoms with E-state index in [1.807, 2.05) is 20.8 Å². The number of aliphatic imine (C=N–C) groups is 1. The van der Waals surface area contributed by atoms with E-state index in [0.29, 0.717) is 17.9 Å². The number of hydrogen-bond donors (Lipinski definition) is 2. The molecule has 6 nitrogen and oxygen atoms in total. The first kappa shape index (κ1) is 22.8. The van der Waals surface area contributed by atoms with Crippen molar-refractivity contribution in [2.24, 2.45) is 4.99 Å². The zero-order chi connectivity index (χ0) is 19.4. The van der Waals surface area contributed by atoms with Crippen LogP contribution in [0.25, 0.3) is 4.91 Å². The van der Waals surface area contributed by atoms with Gasteiger partial charge in [-0.25, -0.2) is 9.38 Å². The van der Waals surface area contributed by atoms with Gasteiger partial charge in [0.1, 0.15) is 11.6 Å². The highest BCUT2D eigenvalue weighted by atomic mass is 32.2. The van der Waals surface area contributed by atoms with Gasteiger partial charge in [-0.15, -0.1) is 11.8 Å². The molecule has 1 heterocycles. The third-order valence-corrected chi connectivity index (χ3v) is 3.87. The van der Waals surface area contributed by atoms with Crippen LogP contribution < -0.4 is 10.1 Å². The lowest BCUT2D eigenvalue weighted by atomic mass is 10.1. The van der Waals surface area contributed by atoms with Crippen LogP contribution in [0.1, 0.15) is 38.8 Å².